The monoisotopic (exact) mass is 195 g/mol. The van der Waals surface area contributed by atoms with Gasteiger partial charge >= 0.3 is 0 Å². The molecule has 0 amide bonds. The van der Waals surface area contributed by atoms with Crippen LogP contribution in [0.1, 0.15) is 17.2 Å². The fourth-order valence-electron chi connectivity index (χ4n) is 1.47. The summed E-state index contributed by atoms with van der Waals surface area (Å²) in [6, 6.07) is 5.87. The van der Waals surface area contributed by atoms with Crippen LogP contribution in [0.4, 0.5) is 0 Å². The number of benzene rings is 1. The summed E-state index contributed by atoms with van der Waals surface area (Å²) in [5, 5.41) is 12.2. The molecule has 0 fully saturated rings. The highest BCUT2D eigenvalue weighted by Gasteiger charge is 2.12. The minimum absolute atomic E-state index is 0.0650. The maximum Gasteiger partial charge on any atom is 0.123 e. The fraction of sp³-hybridized carbons (Fsp3) is 0.455. The third-order valence-corrected chi connectivity index (χ3v) is 2.29. The van der Waals surface area contributed by atoms with Gasteiger partial charge in [0.15, 0.2) is 0 Å². The van der Waals surface area contributed by atoms with E-state index in [4.69, 9.17) is 4.74 Å². The molecule has 0 bridgehead atoms. The van der Waals surface area contributed by atoms with Crippen molar-refractivity contribution in [2.24, 2.45) is 0 Å². The second-order valence-electron chi connectivity index (χ2n) is 3.27. The summed E-state index contributed by atoms with van der Waals surface area (Å²) in [6.07, 6.45) is 0. The van der Waals surface area contributed by atoms with E-state index >= 15 is 0 Å². The van der Waals surface area contributed by atoms with E-state index < -0.39 is 0 Å². The van der Waals surface area contributed by atoms with Gasteiger partial charge in [-0.3, -0.25) is 0 Å². The fourth-order valence-corrected chi connectivity index (χ4v) is 1.47. The van der Waals surface area contributed by atoms with Gasteiger partial charge in [0, 0.05) is 5.56 Å². The third-order valence-electron chi connectivity index (χ3n) is 2.29. The van der Waals surface area contributed by atoms with Crippen molar-refractivity contribution in [3.05, 3.63) is 29.3 Å². The van der Waals surface area contributed by atoms with Crippen molar-refractivity contribution in [3.63, 3.8) is 0 Å². The number of aryl methyl sites for hydroxylation is 1. The van der Waals surface area contributed by atoms with Crippen LogP contribution in [0.15, 0.2) is 18.2 Å². The Bertz CT molecular complexity index is 295. The largest absolute Gasteiger partial charge is 0.496 e. The predicted octanol–water partition coefficient (Wildman–Crippen LogP) is 1.26. The summed E-state index contributed by atoms with van der Waals surface area (Å²) >= 11 is 0. The number of ether oxygens (including phenoxy) is 1. The molecule has 3 nitrogen and oxygen atoms in total. The summed E-state index contributed by atoms with van der Waals surface area (Å²) in [4.78, 5) is 0. The minimum atomic E-state index is -0.0650. The summed E-state index contributed by atoms with van der Waals surface area (Å²) in [5.74, 6) is 0.809. The van der Waals surface area contributed by atoms with Crippen LogP contribution in [0, 0.1) is 6.92 Å². The Kier molecular flexibility index (Phi) is 3.92. The Morgan fingerprint density at radius 3 is 2.71 bits per heavy atom. The maximum atomic E-state index is 9.17. The van der Waals surface area contributed by atoms with Crippen LogP contribution in [0.2, 0.25) is 0 Å². The Morgan fingerprint density at radius 2 is 2.21 bits per heavy atom. The number of nitrogens with one attached hydrogen (secondary N) is 1. The molecule has 78 valence electrons. The topological polar surface area (TPSA) is 41.5 Å². The molecule has 0 heterocycles. The molecule has 1 aromatic carbocycles. The normalized spacial score (nSPS) is 12.6. The molecular weight excluding hydrogens is 178 g/mol. The first-order valence-corrected chi connectivity index (χ1v) is 4.65. The predicted molar refractivity (Wildman–Crippen MR) is 56.6 cm³/mol. The second-order valence-corrected chi connectivity index (χ2v) is 3.27. The van der Waals surface area contributed by atoms with Gasteiger partial charge in [0.25, 0.3) is 0 Å². The van der Waals surface area contributed by atoms with Crippen molar-refractivity contribution in [1.82, 2.24) is 5.32 Å². The van der Waals surface area contributed by atoms with Gasteiger partial charge in [-0.15, -0.1) is 0 Å². The first kappa shape index (κ1) is 11.0. The summed E-state index contributed by atoms with van der Waals surface area (Å²) in [5.41, 5.74) is 2.16. The Labute approximate surface area is 84.7 Å². The van der Waals surface area contributed by atoms with Gasteiger partial charge in [0.1, 0.15) is 5.75 Å². The van der Waals surface area contributed by atoms with E-state index in [0.29, 0.717) is 0 Å². The Balaban J connectivity index is 3.08. The van der Waals surface area contributed by atoms with Crippen LogP contribution in [-0.4, -0.2) is 25.9 Å². The minimum Gasteiger partial charge on any atom is -0.496 e. The number of rotatable bonds is 4. The first-order chi connectivity index (χ1) is 6.72. The van der Waals surface area contributed by atoms with Gasteiger partial charge in [0.2, 0.25) is 0 Å². The zero-order valence-electron chi connectivity index (χ0n) is 8.87. The van der Waals surface area contributed by atoms with Gasteiger partial charge < -0.3 is 15.2 Å². The van der Waals surface area contributed by atoms with Crippen molar-refractivity contribution in [3.8, 4) is 5.75 Å². The molecule has 0 saturated heterocycles. The highest BCUT2D eigenvalue weighted by atomic mass is 16.5. The average molecular weight is 195 g/mol. The lowest BCUT2D eigenvalue weighted by atomic mass is 10.0. The van der Waals surface area contributed by atoms with Gasteiger partial charge in [0.05, 0.1) is 19.8 Å². The molecule has 0 saturated carbocycles. The number of aliphatic hydroxyl groups is 1. The van der Waals surface area contributed by atoms with Crippen molar-refractivity contribution >= 4 is 0 Å². The molecule has 0 radical (unpaired) electrons. The molecule has 0 aliphatic heterocycles. The van der Waals surface area contributed by atoms with E-state index in [9.17, 15) is 5.11 Å². The van der Waals surface area contributed by atoms with Crippen LogP contribution < -0.4 is 10.1 Å². The molecular formula is C11H17NO2. The molecule has 1 aromatic rings. The number of methoxy groups -OCH3 is 1. The molecule has 1 unspecified atom stereocenters. The second kappa shape index (κ2) is 4.98. The lowest BCUT2D eigenvalue weighted by Crippen LogP contribution is -2.20. The molecule has 3 heteroatoms. The van der Waals surface area contributed by atoms with Crippen LogP contribution in [0.25, 0.3) is 0 Å². The van der Waals surface area contributed by atoms with E-state index in [2.05, 4.69) is 5.32 Å². The molecule has 2 N–H and O–H groups in total. The standard InChI is InChI=1S/C11H17NO2/c1-8-4-5-11(14-3)9(6-8)10(7-13)12-2/h4-6,10,12-13H,7H2,1-3H3. The maximum absolute atomic E-state index is 9.17. The van der Waals surface area contributed by atoms with Gasteiger partial charge in [-0.1, -0.05) is 17.7 Å². The van der Waals surface area contributed by atoms with Gasteiger partial charge in [-0.2, -0.15) is 0 Å². The summed E-state index contributed by atoms with van der Waals surface area (Å²) in [6.45, 7) is 2.09. The first-order valence-electron chi connectivity index (χ1n) is 4.65. The van der Waals surface area contributed by atoms with Crippen LogP contribution in [-0.2, 0) is 0 Å². The smallest absolute Gasteiger partial charge is 0.123 e. The van der Waals surface area contributed by atoms with E-state index in [1.807, 2.05) is 32.2 Å². The van der Waals surface area contributed by atoms with Crippen LogP contribution in [0.5, 0.6) is 5.75 Å². The number of hydrogen-bond acceptors (Lipinski definition) is 3. The molecule has 0 aliphatic carbocycles. The van der Waals surface area contributed by atoms with Gasteiger partial charge in [-0.25, -0.2) is 0 Å². The Morgan fingerprint density at radius 1 is 1.50 bits per heavy atom. The Hall–Kier alpha value is -1.06. The van der Waals surface area contributed by atoms with Crippen LogP contribution in [0.3, 0.4) is 0 Å². The molecule has 0 spiro atoms. The van der Waals surface area contributed by atoms with Crippen molar-refractivity contribution in [1.29, 1.82) is 0 Å². The van der Waals surface area contributed by atoms with Crippen molar-refractivity contribution in [2.45, 2.75) is 13.0 Å². The molecule has 1 rings (SSSR count). The summed E-state index contributed by atoms with van der Waals surface area (Å²) < 4.78 is 5.23. The highest BCUT2D eigenvalue weighted by Crippen LogP contribution is 2.25. The lowest BCUT2D eigenvalue weighted by Gasteiger charge is -2.17. The third kappa shape index (κ3) is 2.25. The van der Waals surface area contributed by atoms with E-state index in [-0.39, 0.29) is 12.6 Å². The SMILES string of the molecule is CNC(CO)c1cc(C)ccc1OC. The van der Waals surface area contributed by atoms with Crippen molar-refractivity contribution < 1.29 is 9.84 Å². The quantitative estimate of drug-likeness (QED) is 0.760. The zero-order chi connectivity index (χ0) is 10.6. The van der Waals surface area contributed by atoms with E-state index in [0.717, 1.165) is 16.9 Å². The van der Waals surface area contributed by atoms with Crippen molar-refractivity contribution in [2.75, 3.05) is 20.8 Å². The van der Waals surface area contributed by atoms with Crippen LogP contribution >= 0.6 is 0 Å². The molecule has 1 atom stereocenters. The molecule has 14 heavy (non-hydrogen) atoms. The zero-order valence-corrected chi connectivity index (χ0v) is 8.87. The number of likely N-dealkylation sites (N-methyl/N-ethyl adjacent to an activating group) is 1. The highest BCUT2D eigenvalue weighted by molar-refractivity contribution is 5.39. The van der Waals surface area contributed by atoms with Gasteiger partial charge in [-0.05, 0) is 20.0 Å². The molecule has 0 aliphatic rings. The number of hydrogen-bond donors (Lipinski definition) is 2. The average Bonchev–Trinajstić information content (AvgIpc) is 2.20. The lowest BCUT2D eigenvalue weighted by molar-refractivity contribution is 0.247. The van der Waals surface area contributed by atoms with E-state index in [1.165, 1.54) is 0 Å². The molecule has 0 aromatic heterocycles. The number of aliphatic hydroxyl groups excluding tert-OH is 1. The van der Waals surface area contributed by atoms with E-state index in [1.54, 1.807) is 7.11 Å². The summed E-state index contributed by atoms with van der Waals surface area (Å²) in [7, 11) is 3.46.